The van der Waals surface area contributed by atoms with Gasteiger partial charge in [0.1, 0.15) is 11.9 Å². The molecule has 0 aromatic heterocycles. The second kappa shape index (κ2) is 6.48. The quantitative estimate of drug-likeness (QED) is 0.906. The molecule has 3 atom stereocenters. The highest BCUT2D eigenvalue weighted by Gasteiger charge is 2.39. The molecule has 1 aliphatic heterocycles. The molecule has 1 fully saturated rings. The summed E-state index contributed by atoms with van der Waals surface area (Å²) in [4.78, 5) is 14.5. The van der Waals surface area contributed by atoms with E-state index in [0.717, 1.165) is 17.7 Å². The third-order valence-corrected chi connectivity index (χ3v) is 4.01. The Hall–Kier alpha value is -1.55. The Morgan fingerprint density at radius 3 is 2.67 bits per heavy atom. The van der Waals surface area contributed by atoms with Crippen LogP contribution in [0.2, 0.25) is 0 Å². The number of carbonyl (C=O) groups excluding carboxylic acids is 1. The number of hydrogen-bond acceptors (Lipinski definition) is 3. The third-order valence-electron chi connectivity index (χ3n) is 4.01. The first-order chi connectivity index (χ1) is 9.93. The van der Waals surface area contributed by atoms with Gasteiger partial charge in [0.25, 0.3) is 0 Å². The van der Waals surface area contributed by atoms with Crippen LogP contribution in [-0.4, -0.2) is 30.0 Å². The average molecular weight is 290 g/mol. The van der Waals surface area contributed by atoms with Crippen LogP contribution in [-0.2, 0) is 4.79 Å². The number of methoxy groups -OCH3 is 1. The number of nitrogens with one attached hydrogen (secondary N) is 1. The van der Waals surface area contributed by atoms with Crippen LogP contribution in [0, 0.1) is 5.92 Å². The van der Waals surface area contributed by atoms with Crippen molar-refractivity contribution in [2.75, 3.05) is 7.11 Å². The first-order valence-corrected chi connectivity index (χ1v) is 7.66. The SMILES string of the molecule is COc1cccc(C2NC(C)C(=O)N2C(C)CC(C)C)c1. The van der Waals surface area contributed by atoms with Crippen LogP contribution in [0.1, 0.15) is 45.8 Å². The zero-order valence-corrected chi connectivity index (χ0v) is 13.6. The highest BCUT2D eigenvalue weighted by molar-refractivity contribution is 5.84. The molecule has 4 heteroatoms. The predicted octanol–water partition coefficient (Wildman–Crippen LogP) is 2.95. The molecular weight excluding hydrogens is 264 g/mol. The van der Waals surface area contributed by atoms with E-state index in [0.29, 0.717) is 5.92 Å². The van der Waals surface area contributed by atoms with E-state index in [4.69, 9.17) is 4.74 Å². The summed E-state index contributed by atoms with van der Waals surface area (Å²) in [5.41, 5.74) is 1.07. The van der Waals surface area contributed by atoms with E-state index >= 15 is 0 Å². The van der Waals surface area contributed by atoms with Crippen molar-refractivity contribution in [3.8, 4) is 5.75 Å². The van der Waals surface area contributed by atoms with Gasteiger partial charge in [-0.1, -0.05) is 26.0 Å². The van der Waals surface area contributed by atoms with E-state index in [1.165, 1.54) is 0 Å². The van der Waals surface area contributed by atoms with Crippen LogP contribution >= 0.6 is 0 Å². The molecule has 21 heavy (non-hydrogen) atoms. The Labute approximate surface area is 127 Å². The maximum atomic E-state index is 12.5. The number of carbonyl (C=O) groups is 1. The molecule has 1 saturated heterocycles. The fourth-order valence-corrected chi connectivity index (χ4v) is 3.08. The van der Waals surface area contributed by atoms with Gasteiger partial charge >= 0.3 is 0 Å². The molecule has 1 aromatic carbocycles. The Bertz CT molecular complexity index is 501. The maximum absolute atomic E-state index is 12.5. The number of hydrogen-bond donors (Lipinski definition) is 1. The smallest absolute Gasteiger partial charge is 0.241 e. The maximum Gasteiger partial charge on any atom is 0.241 e. The standard InChI is InChI=1S/C17H26N2O2/c1-11(2)9-12(3)19-16(18-13(4)17(19)20)14-7-6-8-15(10-14)21-5/h6-8,10-13,16,18H,9H2,1-5H3. The lowest BCUT2D eigenvalue weighted by atomic mass is 10.0. The van der Waals surface area contributed by atoms with Gasteiger partial charge in [0, 0.05) is 6.04 Å². The summed E-state index contributed by atoms with van der Waals surface area (Å²) in [6.07, 6.45) is 0.928. The zero-order chi connectivity index (χ0) is 15.6. The third kappa shape index (κ3) is 3.38. The molecule has 1 amide bonds. The van der Waals surface area contributed by atoms with Crippen molar-refractivity contribution in [1.82, 2.24) is 10.2 Å². The van der Waals surface area contributed by atoms with Crippen molar-refractivity contribution in [2.45, 2.75) is 52.4 Å². The lowest BCUT2D eigenvalue weighted by molar-refractivity contribution is -0.132. The first kappa shape index (κ1) is 15.8. The molecule has 0 bridgehead atoms. The summed E-state index contributed by atoms with van der Waals surface area (Å²) in [6.45, 7) is 8.44. The topological polar surface area (TPSA) is 41.6 Å². The van der Waals surface area contributed by atoms with Gasteiger partial charge in [-0.25, -0.2) is 0 Å². The zero-order valence-electron chi connectivity index (χ0n) is 13.6. The van der Waals surface area contributed by atoms with E-state index in [9.17, 15) is 4.79 Å². The Kier molecular flexibility index (Phi) is 4.88. The van der Waals surface area contributed by atoms with Crippen molar-refractivity contribution < 1.29 is 9.53 Å². The van der Waals surface area contributed by atoms with Crippen molar-refractivity contribution in [3.05, 3.63) is 29.8 Å². The summed E-state index contributed by atoms with van der Waals surface area (Å²) >= 11 is 0. The van der Waals surface area contributed by atoms with Crippen molar-refractivity contribution in [2.24, 2.45) is 5.92 Å². The molecule has 1 N–H and O–H groups in total. The van der Waals surface area contributed by atoms with Gasteiger partial charge in [0.15, 0.2) is 0 Å². The van der Waals surface area contributed by atoms with Crippen LogP contribution in [0.4, 0.5) is 0 Å². The number of nitrogens with zero attached hydrogens (tertiary/aromatic N) is 1. The molecule has 116 valence electrons. The normalized spacial score (nSPS) is 23.7. The Balaban J connectivity index is 2.28. The van der Waals surface area contributed by atoms with Gasteiger partial charge in [0.2, 0.25) is 5.91 Å². The Morgan fingerprint density at radius 2 is 2.05 bits per heavy atom. The fourth-order valence-electron chi connectivity index (χ4n) is 3.08. The summed E-state index contributed by atoms with van der Waals surface area (Å²) in [6, 6.07) is 8.00. The molecule has 1 heterocycles. The second-order valence-corrected chi connectivity index (χ2v) is 6.29. The minimum absolute atomic E-state index is 0.0728. The van der Waals surface area contributed by atoms with E-state index in [2.05, 4.69) is 26.1 Å². The summed E-state index contributed by atoms with van der Waals surface area (Å²) in [5.74, 6) is 1.56. The molecule has 0 saturated carbocycles. The first-order valence-electron chi connectivity index (χ1n) is 7.66. The average Bonchev–Trinajstić information content (AvgIpc) is 2.74. The molecular formula is C17H26N2O2. The number of amides is 1. The van der Waals surface area contributed by atoms with Crippen LogP contribution < -0.4 is 10.1 Å². The molecule has 0 aliphatic carbocycles. The van der Waals surface area contributed by atoms with Gasteiger partial charge in [-0.3, -0.25) is 10.1 Å². The van der Waals surface area contributed by atoms with Crippen LogP contribution in [0.15, 0.2) is 24.3 Å². The summed E-state index contributed by atoms with van der Waals surface area (Å²) in [5, 5.41) is 3.40. The molecule has 2 rings (SSSR count). The highest BCUT2D eigenvalue weighted by Crippen LogP contribution is 2.31. The van der Waals surface area contributed by atoms with E-state index in [-0.39, 0.29) is 24.2 Å². The van der Waals surface area contributed by atoms with Gasteiger partial charge in [-0.2, -0.15) is 0 Å². The molecule has 0 radical (unpaired) electrons. The molecule has 4 nitrogen and oxygen atoms in total. The molecule has 1 aromatic rings. The molecule has 0 spiro atoms. The van der Waals surface area contributed by atoms with Gasteiger partial charge in [0.05, 0.1) is 13.2 Å². The van der Waals surface area contributed by atoms with Crippen LogP contribution in [0.5, 0.6) is 5.75 Å². The minimum Gasteiger partial charge on any atom is -0.497 e. The Morgan fingerprint density at radius 1 is 1.33 bits per heavy atom. The largest absolute Gasteiger partial charge is 0.497 e. The summed E-state index contributed by atoms with van der Waals surface area (Å²) < 4.78 is 5.30. The van der Waals surface area contributed by atoms with Crippen molar-refractivity contribution >= 4 is 5.91 Å². The minimum atomic E-state index is -0.143. The lowest BCUT2D eigenvalue weighted by Crippen LogP contribution is -2.39. The number of ether oxygens (including phenoxy) is 1. The van der Waals surface area contributed by atoms with Crippen molar-refractivity contribution in [1.29, 1.82) is 0 Å². The van der Waals surface area contributed by atoms with Crippen LogP contribution in [0.3, 0.4) is 0 Å². The number of benzene rings is 1. The lowest BCUT2D eigenvalue weighted by Gasteiger charge is -2.31. The fraction of sp³-hybridized carbons (Fsp3) is 0.588. The monoisotopic (exact) mass is 290 g/mol. The van der Waals surface area contributed by atoms with Gasteiger partial charge in [-0.05, 0) is 43.9 Å². The second-order valence-electron chi connectivity index (χ2n) is 6.29. The van der Waals surface area contributed by atoms with Crippen LogP contribution in [0.25, 0.3) is 0 Å². The van der Waals surface area contributed by atoms with Gasteiger partial charge in [-0.15, -0.1) is 0 Å². The predicted molar refractivity (Wildman–Crippen MR) is 84.1 cm³/mol. The van der Waals surface area contributed by atoms with Crippen molar-refractivity contribution in [3.63, 3.8) is 0 Å². The van der Waals surface area contributed by atoms with E-state index < -0.39 is 0 Å². The molecule has 3 unspecified atom stereocenters. The number of rotatable bonds is 5. The molecule has 1 aliphatic rings. The highest BCUT2D eigenvalue weighted by atomic mass is 16.5. The van der Waals surface area contributed by atoms with E-state index in [1.54, 1.807) is 7.11 Å². The summed E-state index contributed by atoms with van der Waals surface area (Å²) in [7, 11) is 1.66. The van der Waals surface area contributed by atoms with Gasteiger partial charge < -0.3 is 9.64 Å². The van der Waals surface area contributed by atoms with E-state index in [1.807, 2.05) is 36.1 Å².